The summed E-state index contributed by atoms with van der Waals surface area (Å²) in [6, 6.07) is 33.6. The number of carbonyl (C=O) groups excluding carboxylic acids is 4. The van der Waals surface area contributed by atoms with Crippen LogP contribution in [0.3, 0.4) is 0 Å². The maximum absolute atomic E-state index is 15.5. The van der Waals surface area contributed by atoms with Gasteiger partial charge in [-0.3, -0.25) is 29.5 Å². The highest BCUT2D eigenvalue weighted by atomic mass is 35.5. The minimum absolute atomic E-state index is 0.0385. The molecule has 308 valence electrons. The van der Waals surface area contributed by atoms with Crippen molar-refractivity contribution in [2.24, 2.45) is 29.6 Å². The number of anilines is 4. The second-order valence-corrected chi connectivity index (χ2v) is 16.4. The van der Waals surface area contributed by atoms with Crippen LogP contribution in [-0.4, -0.2) is 48.0 Å². The van der Waals surface area contributed by atoms with Crippen LogP contribution in [-0.2, 0) is 24.6 Å². The fraction of sp³-hybridized carbons (Fsp3) is 0.208. The van der Waals surface area contributed by atoms with E-state index in [1.54, 1.807) is 67.8 Å². The highest BCUT2D eigenvalue weighted by molar-refractivity contribution is 6.36. The van der Waals surface area contributed by atoms with Gasteiger partial charge in [0.1, 0.15) is 5.75 Å². The summed E-state index contributed by atoms with van der Waals surface area (Å²) < 4.78 is 10.9. The lowest BCUT2D eigenvalue weighted by molar-refractivity contribution is -0.139. The number of benzene rings is 5. The van der Waals surface area contributed by atoms with Gasteiger partial charge in [-0.2, -0.15) is 5.01 Å². The molecule has 13 heteroatoms. The third-order valence-corrected chi connectivity index (χ3v) is 13.1. The Morgan fingerprint density at radius 2 is 1.52 bits per heavy atom. The second-order valence-electron chi connectivity index (χ2n) is 15.6. The number of hydrogen-bond donors (Lipinski definition) is 3. The van der Waals surface area contributed by atoms with E-state index < -0.39 is 46.8 Å². The Morgan fingerprint density at radius 1 is 0.787 bits per heavy atom. The van der Waals surface area contributed by atoms with Crippen LogP contribution in [0.5, 0.6) is 17.2 Å². The first-order chi connectivity index (χ1) is 29.5. The number of rotatable bonds is 10. The van der Waals surface area contributed by atoms with Gasteiger partial charge in [-0.25, -0.2) is 0 Å². The number of phenolic OH excluding ortho intramolecular Hbond substituents is 1. The van der Waals surface area contributed by atoms with Crippen molar-refractivity contribution in [2.45, 2.75) is 18.3 Å². The van der Waals surface area contributed by atoms with Crippen LogP contribution in [0.4, 0.5) is 22.7 Å². The molecule has 0 radical (unpaired) electrons. The minimum atomic E-state index is -1.52. The molecule has 3 fully saturated rings. The first kappa shape index (κ1) is 39.9. The zero-order valence-corrected chi connectivity index (χ0v) is 34.6. The number of amides is 4. The number of ether oxygens (including phenoxy) is 2. The van der Waals surface area contributed by atoms with Crippen molar-refractivity contribution in [1.29, 1.82) is 0 Å². The quantitative estimate of drug-likeness (QED) is 0.0928. The van der Waals surface area contributed by atoms with Crippen LogP contribution in [0.25, 0.3) is 6.08 Å². The summed E-state index contributed by atoms with van der Waals surface area (Å²) in [6.45, 7) is 0. The predicted molar refractivity (Wildman–Crippen MR) is 234 cm³/mol. The SMILES string of the molecule is COc1ccc(C23C(=O)N(Nc4ccc(Cl)cc4Cl)C(=O)C2CC2C(=CCC4C(=O)N(c5ccc(Nc6ccccc6)cc5)C(=O)C42)C3C=Cc2ccc(O)c(OC)c2)cc1. The van der Waals surface area contributed by atoms with E-state index in [0.29, 0.717) is 33.3 Å². The number of phenols is 1. The molecule has 2 aliphatic carbocycles. The van der Waals surface area contributed by atoms with Crippen molar-refractivity contribution in [3.8, 4) is 17.2 Å². The van der Waals surface area contributed by atoms with Crippen LogP contribution in [0.1, 0.15) is 24.0 Å². The van der Waals surface area contributed by atoms with Gasteiger partial charge in [-0.05, 0) is 109 Å². The number of para-hydroxylation sites is 1. The number of fused-ring (bicyclic) bond motifs is 4. The third-order valence-electron chi connectivity index (χ3n) is 12.5. The molecule has 61 heavy (non-hydrogen) atoms. The normalized spacial score (nSPS) is 24.3. The zero-order valence-electron chi connectivity index (χ0n) is 33.0. The molecule has 2 aliphatic heterocycles. The van der Waals surface area contributed by atoms with Gasteiger partial charge in [0.05, 0.1) is 53.8 Å². The van der Waals surface area contributed by atoms with Gasteiger partial charge in [0.2, 0.25) is 11.8 Å². The number of aromatic hydroxyl groups is 1. The van der Waals surface area contributed by atoms with Gasteiger partial charge in [0, 0.05) is 22.3 Å². The molecular formula is C48H40Cl2N4O7. The maximum Gasteiger partial charge on any atom is 0.260 e. The van der Waals surface area contributed by atoms with Crippen molar-refractivity contribution in [2.75, 3.05) is 29.9 Å². The molecule has 2 saturated heterocycles. The minimum Gasteiger partial charge on any atom is -0.504 e. The molecule has 0 spiro atoms. The summed E-state index contributed by atoms with van der Waals surface area (Å²) in [5.41, 5.74) is 5.96. The molecule has 5 aromatic rings. The summed E-state index contributed by atoms with van der Waals surface area (Å²) in [6.07, 6.45) is 6.08. The summed E-state index contributed by atoms with van der Waals surface area (Å²) in [5, 5.41) is 15.3. The van der Waals surface area contributed by atoms with Crippen molar-refractivity contribution in [3.05, 3.63) is 154 Å². The predicted octanol–water partition coefficient (Wildman–Crippen LogP) is 9.20. The monoisotopic (exact) mass is 854 g/mol. The fourth-order valence-electron chi connectivity index (χ4n) is 9.73. The first-order valence-corrected chi connectivity index (χ1v) is 20.6. The Balaban J connectivity index is 1.15. The summed E-state index contributed by atoms with van der Waals surface area (Å²) in [7, 11) is 3.00. The summed E-state index contributed by atoms with van der Waals surface area (Å²) >= 11 is 12.8. The van der Waals surface area contributed by atoms with Crippen LogP contribution in [0.15, 0.2) is 133 Å². The Hall–Kier alpha value is -6.56. The van der Waals surface area contributed by atoms with E-state index in [0.717, 1.165) is 22.0 Å². The smallest absolute Gasteiger partial charge is 0.260 e. The molecule has 4 amide bonds. The molecule has 9 rings (SSSR count). The van der Waals surface area contributed by atoms with Gasteiger partial charge in [0.25, 0.3) is 11.8 Å². The van der Waals surface area contributed by atoms with E-state index in [4.69, 9.17) is 32.7 Å². The number of carbonyl (C=O) groups is 4. The van der Waals surface area contributed by atoms with Crippen LogP contribution in [0.2, 0.25) is 10.0 Å². The second kappa shape index (κ2) is 15.8. The third kappa shape index (κ3) is 6.68. The lowest BCUT2D eigenvalue weighted by Gasteiger charge is -2.49. The van der Waals surface area contributed by atoms with Gasteiger partial charge >= 0.3 is 0 Å². The molecule has 0 bridgehead atoms. The fourth-order valence-corrected chi connectivity index (χ4v) is 10.2. The number of allylic oxidation sites excluding steroid dienone is 3. The van der Waals surface area contributed by atoms with Crippen LogP contribution >= 0.6 is 23.2 Å². The number of hydrogen-bond acceptors (Lipinski definition) is 9. The Kier molecular flexibility index (Phi) is 10.3. The lowest BCUT2D eigenvalue weighted by atomic mass is 9.50. The number of nitrogens with zero attached hydrogens (tertiary/aromatic N) is 2. The number of imide groups is 2. The van der Waals surface area contributed by atoms with E-state index in [1.165, 1.54) is 24.1 Å². The molecular weight excluding hydrogens is 815 g/mol. The van der Waals surface area contributed by atoms with E-state index in [1.807, 2.05) is 60.7 Å². The Bertz CT molecular complexity index is 2640. The van der Waals surface area contributed by atoms with E-state index >= 15 is 9.59 Å². The zero-order chi connectivity index (χ0) is 42.6. The topological polar surface area (TPSA) is 138 Å². The molecule has 6 unspecified atom stereocenters. The average Bonchev–Trinajstić information content (AvgIpc) is 3.65. The highest BCUT2D eigenvalue weighted by Gasteiger charge is 2.69. The van der Waals surface area contributed by atoms with Crippen molar-refractivity contribution in [3.63, 3.8) is 0 Å². The van der Waals surface area contributed by atoms with Crippen LogP contribution < -0.4 is 25.1 Å². The standard InChI is InChI=1S/C48H40Cl2N4O7/c1-60-33-17-10-28(11-18-33)48-37(21-8-27-9-23-41(55)42(24-27)61-2)34-19-20-35-43(36(34)26-38(48)45(57)54(47(48)59)52-40-22-12-29(49)25-39(40)50)46(58)53(44(35)56)32-15-13-31(14-16-32)51-30-6-4-3-5-7-30/h3-19,21-25,35-38,43,51-52,55H,20,26H2,1-2H3. The summed E-state index contributed by atoms with van der Waals surface area (Å²) in [5.74, 6) is -4.70. The van der Waals surface area contributed by atoms with Gasteiger partial charge in [-0.1, -0.05) is 83.4 Å². The van der Waals surface area contributed by atoms with Gasteiger partial charge < -0.3 is 19.9 Å². The Morgan fingerprint density at radius 3 is 2.23 bits per heavy atom. The van der Waals surface area contributed by atoms with E-state index in [9.17, 15) is 14.7 Å². The lowest BCUT2D eigenvalue weighted by Crippen LogP contribution is -2.54. The van der Waals surface area contributed by atoms with Gasteiger partial charge in [0.15, 0.2) is 11.5 Å². The highest BCUT2D eigenvalue weighted by Crippen LogP contribution is 2.62. The van der Waals surface area contributed by atoms with Crippen molar-refractivity contribution >= 4 is 75.7 Å². The van der Waals surface area contributed by atoms with E-state index in [2.05, 4.69) is 10.7 Å². The Labute approximate surface area is 362 Å². The molecule has 11 nitrogen and oxygen atoms in total. The molecule has 6 atom stereocenters. The largest absolute Gasteiger partial charge is 0.504 e. The molecule has 4 aliphatic rings. The molecule has 3 N–H and O–H groups in total. The maximum atomic E-state index is 15.5. The van der Waals surface area contributed by atoms with Crippen molar-refractivity contribution < 1.29 is 33.8 Å². The average molecular weight is 856 g/mol. The number of methoxy groups -OCH3 is 2. The molecule has 0 aromatic heterocycles. The molecule has 1 saturated carbocycles. The molecule has 2 heterocycles. The van der Waals surface area contributed by atoms with E-state index in [-0.39, 0.29) is 41.2 Å². The van der Waals surface area contributed by atoms with Crippen LogP contribution in [0, 0.1) is 29.6 Å². The number of halogens is 2. The molecule has 5 aromatic carbocycles. The summed E-state index contributed by atoms with van der Waals surface area (Å²) in [4.78, 5) is 60.9. The van der Waals surface area contributed by atoms with Crippen molar-refractivity contribution in [1.82, 2.24) is 5.01 Å². The first-order valence-electron chi connectivity index (χ1n) is 19.8. The van der Waals surface area contributed by atoms with Gasteiger partial charge in [-0.15, -0.1) is 0 Å². The number of hydrazine groups is 1. The number of nitrogens with one attached hydrogen (secondary N) is 2.